The second kappa shape index (κ2) is 7.81. The molecule has 1 N–H and O–H groups in total. The Kier molecular flexibility index (Phi) is 6.04. The summed E-state index contributed by atoms with van der Waals surface area (Å²) in [7, 11) is 1.61. The molecular weight excluding hydrogens is 329 g/mol. The van der Waals surface area contributed by atoms with Crippen LogP contribution in [0.2, 0.25) is 0 Å². The third kappa shape index (κ3) is 5.85. The highest BCUT2D eigenvalue weighted by atomic mass is 32.2. The number of carbonyl (C=O) groups is 1. The summed E-state index contributed by atoms with van der Waals surface area (Å²) in [5.74, 6) is -0.351. The van der Waals surface area contributed by atoms with Gasteiger partial charge in [0, 0.05) is 24.8 Å². The number of hydrogen-bond donors (Lipinski definition) is 1. The number of hydrogen-bond acceptors (Lipinski definition) is 4. The zero-order valence-electron chi connectivity index (χ0n) is 12.7. The molecule has 8 heteroatoms. The number of amides is 1. The highest BCUT2D eigenvalue weighted by Gasteiger charge is 2.30. The van der Waals surface area contributed by atoms with Gasteiger partial charge in [0.15, 0.2) is 0 Å². The molecule has 1 aromatic rings. The Bertz CT molecular complexity index is 514. The van der Waals surface area contributed by atoms with Crippen molar-refractivity contribution in [3.63, 3.8) is 0 Å². The SMILES string of the molecule is COc1ccc(N2CCC(NC(=O)CSC(F)(F)F)CC2)cc1. The number of rotatable bonds is 5. The number of halogens is 3. The van der Waals surface area contributed by atoms with Crippen LogP contribution in [0.5, 0.6) is 5.75 Å². The van der Waals surface area contributed by atoms with E-state index in [0.717, 1.165) is 24.5 Å². The molecule has 0 aromatic heterocycles. The van der Waals surface area contributed by atoms with Crippen molar-refractivity contribution in [3.05, 3.63) is 24.3 Å². The summed E-state index contributed by atoms with van der Waals surface area (Å²) in [4.78, 5) is 13.7. The first-order valence-electron chi connectivity index (χ1n) is 7.26. The minimum atomic E-state index is -4.37. The van der Waals surface area contributed by atoms with E-state index in [4.69, 9.17) is 4.74 Å². The van der Waals surface area contributed by atoms with Gasteiger partial charge in [-0.15, -0.1) is 0 Å². The zero-order valence-corrected chi connectivity index (χ0v) is 13.5. The van der Waals surface area contributed by atoms with Gasteiger partial charge in [0.05, 0.1) is 12.9 Å². The molecule has 4 nitrogen and oxygen atoms in total. The van der Waals surface area contributed by atoms with Crippen molar-refractivity contribution in [1.29, 1.82) is 0 Å². The summed E-state index contributed by atoms with van der Waals surface area (Å²) in [6, 6.07) is 7.65. The first-order chi connectivity index (χ1) is 10.9. The molecule has 0 aliphatic carbocycles. The normalized spacial score (nSPS) is 16.3. The minimum Gasteiger partial charge on any atom is -0.497 e. The van der Waals surface area contributed by atoms with E-state index in [1.54, 1.807) is 7.11 Å². The van der Waals surface area contributed by atoms with E-state index >= 15 is 0 Å². The molecule has 0 atom stereocenters. The largest absolute Gasteiger partial charge is 0.497 e. The fraction of sp³-hybridized carbons (Fsp3) is 0.533. The molecule has 1 heterocycles. The van der Waals surface area contributed by atoms with Gasteiger partial charge in [-0.1, -0.05) is 0 Å². The average molecular weight is 348 g/mol. The second-order valence-electron chi connectivity index (χ2n) is 5.26. The van der Waals surface area contributed by atoms with E-state index in [1.165, 1.54) is 0 Å². The lowest BCUT2D eigenvalue weighted by molar-refractivity contribution is -0.119. The monoisotopic (exact) mass is 348 g/mol. The highest BCUT2D eigenvalue weighted by molar-refractivity contribution is 8.00. The van der Waals surface area contributed by atoms with Crippen LogP contribution in [0.25, 0.3) is 0 Å². The number of nitrogens with one attached hydrogen (secondary N) is 1. The fourth-order valence-corrected chi connectivity index (χ4v) is 2.87. The molecule has 0 radical (unpaired) electrons. The van der Waals surface area contributed by atoms with E-state index in [-0.39, 0.29) is 17.8 Å². The van der Waals surface area contributed by atoms with Gasteiger partial charge < -0.3 is 15.0 Å². The third-order valence-electron chi connectivity index (χ3n) is 3.66. The number of nitrogens with zero attached hydrogens (tertiary/aromatic N) is 1. The average Bonchev–Trinajstić information content (AvgIpc) is 2.53. The standard InChI is InChI=1S/C15H19F3N2O2S/c1-22-13-4-2-12(3-5-13)20-8-6-11(7-9-20)19-14(21)10-23-15(16,17)18/h2-5,11H,6-10H2,1H3,(H,19,21). The summed E-state index contributed by atoms with van der Waals surface area (Å²) in [6.45, 7) is 1.51. The van der Waals surface area contributed by atoms with Crippen molar-refractivity contribution in [2.45, 2.75) is 24.4 Å². The van der Waals surface area contributed by atoms with Crippen molar-refractivity contribution < 1.29 is 22.7 Å². The number of piperidine rings is 1. The predicted octanol–water partition coefficient (Wildman–Crippen LogP) is 3.03. The molecule has 2 rings (SSSR count). The van der Waals surface area contributed by atoms with Gasteiger partial charge in [0.1, 0.15) is 5.75 Å². The highest BCUT2D eigenvalue weighted by Crippen LogP contribution is 2.29. The molecule has 1 fully saturated rings. The van der Waals surface area contributed by atoms with Gasteiger partial charge in [-0.25, -0.2) is 0 Å². The molecule has 1 aromatic carbocycles. The topological polar surface area (TPSA) is 41.6 Å². The quantitative estimate of drug-likeness (QED) is 0.888. The Labute approximate surface area is 137 Å². The number of methoxy groups -OCH3 is 1. The summed E-state index contributed by atoms with van der Waals surface area (Å²) >= 11 is -0.303. The van der Waals surface area contributed by atoms with Crippen molar-refractivity contribution in [2.24, 2.45) is 0 Å². The van der Waals surface area contributed by atoms with Gasteiger partial charge in [-0.3, -0.25) is 4.79 Å². The molecule has 0 bridgehead atoms. The van der Waals surface area contributed by atoms with E-state index in [1.807, 2.05) is 24.3 Å². The van der Waals surface area contributed by atoms with Crippen LogP contribution in [0, 0.1) is 0 Å². The molecule has 1 aliphatic heterocycles. The Hall–Kier alpha value is -1.57. The molecule has 1 amide bonds. The Balaban J connectivity index is 1.76. The smallest absolute Gasteiger partial charge is 0.442 e. The second-order valence-corrected chi connectivity index (χ2v) is 6.30. The van der Waals surface area contributed by atoms with E-state index < -0.39 is 17.2 Å². The van der Waals surface area contributed by atoms with Crippen LogP contribution in [0.15, 0.2) is 24.3 Å². The number of thioether (sulfide) groups is 1. The molecule has 1 aliphatic rings. The van der Waals surface area contributed by atoms with Crippen molar-refractivity contribution in [3.8, 4) is 5.75 Å². The van der Waals surface area contributed by atoms with Gasteiger partial charge in [0.2, 0.25) is 5.91 Å². The maximum absolute atomic E-state index is 12.1. The third-order valence-corrected chi connectivity index (χ3v) is 4.40. The molecule has 0 unspecified atom stereocenters. The predicted molar refractivity (Wildman–Crippen MR) is 84.9 cm³/mol. The summed E-state index contributed by atoms with van der Waals surface area (Å²) in [6.07, 6.45) is 1.43. The molecular formula is C15H19F3N2O2S. The van der Waals surface area contributed by atoms with Crippen LogP contribution in [0.3, 0.4) is 0 Å². The first kappa shape index (κ1) is 17.8. The van der Waals surface area contributed by atoms with Gasteiger partial charge in [-0.05, 0) is 48.9 Å². The number of carbonyl (C=O) groups excluding carboxylic acids is 1. The van der Waals surface area contributed by atoms with Crippen LogP contribution < -0.4 is 15.0 Å². The molecule has 0 spiro atoms. The maximum atomic E-state index is 12.1. The van der Waals surface area contributed by atoms with Crippen molar-refractivity contribution in [1.82, 2.24) is 5.32 Å². The summed E-state index contributed by atoms with van der Waals surface area (Å²) in [5, 5.41) is 2.68. The lowest BCUT2D eigenvalue weighted by atomic mass is 10.0. The summed E-state index contributed by atoms with van der Waals surface area (Å²) in [5.41, 5.74) is -3.29. The Morgan fingerprint density at radius 3 is 2.43 bits per heavy atom. The number of alkyl halides is 3. The number of ether oxygens (including phenoxy) is 1. The van der Waals surface area contributed by atoms with E-state index in [0.29, 0.717) is 12.8 Å². The fourth-order valence-electron chi connectivity index (χ4n) is 2.49. The Morgan fingerprint density at radius 1 is 1.30 bits per heavy atom. The molecule has 23 heavy (non-hydrogen) atoms. The lowest BCUT2D eigenvalue weighted by Gasteiger charge is -2.34. The van der Waals surface area contributed by atoms with E-state index in [2.05, 4.69) is 10.2 Å². The van der Waals surface area contributed by atoms with Gasteiger partial charge >= 0.3 is 5.51 Å². The van der Waals surface area contributed by atoms with Gasteiger partial charge in [0.25, 0.3) is 0 Å². The molecule has 0 saturated carbocycles. The van der Waals surface area contributed by atoms with Crippen LogP contribution in [-0.4, -0.2) is 43.4 Å². The van der Waals surface area contributed by atoms with Crippen molar-refractivity contribution >= 4 is 23.4 Å². The maximum Gasteiger partial charge on any atom is 0.442 e. The minimum absolute atomic E-state index is 0.0640. The van der Waals surface area contributed by atoms with Crippen molar-refractivity contribution in [2.75, 3.05) is 30.9 Å². The Morgan fingerprint density at radius 2 is 1.91 bits per heavy atom. The van der Waals surface area contributed by atoms with E-state index in [9.17, 15) is 18.0 Å². The van der Waals surface area contributed by atoms with Crippen LogP contribution in [0.4, 0.5) is 18.9 Å². The first-order valence-corrected chi connectivity index (χ1v) is 8.25. The number of anilines is 1. The molecule has 1 saturated heterocycles. The number of benzene rings is 1. The zero-order chi connectivity index (χ0) is 16.9. The van der Waals surface area contributed by atoms with Crippen LogP contribution >= 0.6 is 11.8 Å². The van der Waals surface area contributed by atoms with Gasteiger partial charge in [-0.2, -0.15) is 13.2 Å². The summed E-state index contributed by atoms with van der Waals surface area (Å²) < 4.78 is 41.3. The van der Waals surface area contributed by atoms with Crippen LogP contribution in [0.1, 0.15) is 12.8 Å². The van der Waals surface area contributed by atoms with Crippen LogP contribution in [-0.2, 0) is 4.79 Å². The lowest BCUT2D eigenvalue weighted by Crippen LogP contribution is -2.45. The molecule has 128 valence electrons.